The third kappa shape index (κ3) is 18.7. The summed E-state index contributed by atoms with van der Waals surface area (Å²) in [6, 6.07) is 14.1. The van der Waals surface area contributed by atoms with E-state index >= 15 is 0 Å². The highest BCUT2D eigenvalue weighted by atomic mass is 17.3. The van der Waals surface area contributed by atoms with Crippen LogP contribution in [0.4, 0.5) is 11.5 Å². The van der Waals surface area contributed by atoms with Crippen molar-refractivity contribution in [2.45, 2.75) is 117 Å². The van der Waals surface area contributed by atoms with Gasteiger partial charge in [-0.1, -0.05) is 64.1 Å². The smallest absolute Gasteiger partial charge is 0.355 e. The Hall–Kier alpha value is -6.14. The molecule has 2 fully saturated rings. The molecule has 81 heavy (non-hydrogen) atoms. The molecule has 0 radical (unpaired) electrons. The van der Waals surface area contributed by atoms with Gasteiger partial charge >= 0.3 is 11.9 Å². The highest BCUT2D eigenvalue weighted by Gasteiger charge is 2.58. The topological polar surface area (TPSA) is 286 Å². The number of aromatic nitrogens is 1. The number of likely N-dealkylation sites (N-methyl/N-ethyl adjacent to an activating group) is 1. The second kappa shape index (κ2) is 29.7. The van der Waals surface area contributed by atoms with E-state index in [1.807, 2.05) is 30.0 Å². The number of carbonyl (C=O) groups excluding carboxylic acids is 2. The molecular weight excluding hydrogens is 1040 g/mol. The molecular formula is C60H85N7O14. The van der Waals surface area contributed by atoms with Crippen LogP contribution in [-0.2, 0) is 46.6 Å². The highest BCUT2D eigenvalue weighted by Crippen LogP contribution is 2.63. The average molecular weight is 1130 g/mol. The summed E-state index contributed by atoms with van der Waals surface area (Å²) in [4.78, 5) is 71.6. The Morgan fingerprint density at radius 1 is 0.975 bits per heavy atom. The lowest BCUT2D eigenvalue weighted by Gasteiger charge is -2.61. The van der Waals surface area contributed by atoms with E-state index in [9.17, 15) is 34.5 Å². The molecule has 0 saturated heterocycles. The SMILES string of the molecule is CNCCC(=O)Nc1cc(/C=C/COON(C)CCOCCOCCOC23CC(C)(C)CC(C)(CC(C)(CN=C(C)C(=CN)c4ccc(N5CCc6cccc(C=O)c6C5)nc4C(=O)O)C2)C3)ccc1OC(CC(O)CCO)C(=O)O. The molecule has 21 heteroatoms. The van der Waals surface area contributed by atoms with Crippen molar-refractivity contribution in [2.75, 3.05) is 96.7 Å². The summed E-state index contributed by atoms with van der Waals surface area (Å²) in [5.74, 6) is -2.15. The van der Waals surface area contributed by atoms with Gasteiger partial charge in [0, 0.05) is 81.3 Å². The molecule has 2 saturated carbocycles. The molecule has 1 aromatic heterocycles. The lowest BCUT2D eigenvalue weighted by atomic mass is 9.48. The first-order valence-corrected chi connectivity index (χ1v) is 27.9. The molecule has 0 spiro atoms. The average Bonchev–Trinajstić information content (AvgIpc) is 3.22. The fourth-order valence-electron chi connectivity index (χ4n) is 12.5. The van der Waals surface area contributed by atoms with Crippen LogP contribution >= 0.6 is 0 Å². The number of allylic oxidation sites excluding steroid dienone is 1. The molecule has 21 nitrogen and oxygen atoms in total. The Morgan fingerprint density at radius 3 is 2.46 bits per heavy atom. The van der Waals surface area contributed by atoms with Crippen LogP contribution in [0.2, 0.25) is 0 Å². The lowest BCUT2D eigenvalue weighted by Crippen LogP contribution is -2.57. The fourth-order valence-corrected chi connectivity index (χ4v) is 12.5. The summed E-state index contributed by atoms with van der Waals surface area (Å²) in [6.07, 6.45) is 8.50. The third-order valence-corrected chi connectivity index (χ3v) is 15.0. The van der Waals surface area contributed by atoms with Crippen molar-refractivity contribution in [3.63, 3.8) is 0 Å². The zero-order valence-corrected chi connectivity index (χ0v) is 48.2. The number of nitrogens with two attached hydrogens (primary N) is 1. The van der Waals surface area contributed by atoms with Crippen molar-refractivity contribution in [3.05, 3.63) is 94.3 Å². The molecule has 1 aliphatic heterocycles. The molecule has 444 valence electrons. The van der Waals surface area contributed by atoms with Gasteiger partial charge in [-0.05, 0) is 116 Å². The van der Waals surface area contributed by atoms with Crippen molar-refractivity contribution in [1.82, 2.24) is 15.4 Å². The van der Waals surface area contributed by atoms with Gasteiger partial charge in [0.2, 0.25) is 5.91 Å². The van der Waals surface area contributed by atoms with Gasteiger partial charge < -0.3 is 60.6 Å². The van der Waals surface area contributed by atoms with Gasteiger partial charge in [-0.15, -0.1) is 4.99 Å². The van der Waals surface area contributed by atoms with Crippen LogP contribution in [-0.4, -0.2) is 165 Å². The van der Waals surface area contributed by atoms with Gasteiger partial charge in [0.05, 0.1) is 57.0 Å². The Bertz CT molecular complexity index is 2710. The maximum Gasteiger partial charge on any atom is 0.355 e. The highest BCUT2D eigenvalue weighted by molar-refractivity contribution is 6.24. The molecule has 1 amide bonds. The molecule has 3 aliphatic rings. The van der Waals surface area contributed by atoms with Crippen LogP contribution in [0.3, 0.4) is 0 Å². The van der Waals surface area contributed by atoms with Crippen LogP contribution in [0.1, 0.15) is 129 Å². The van der Waals surface area contributed by atoms with Gasteiger partial charge in [0.25, 0.3) is 0 Å². The van der Waals surface area contributed by atoms with E-state index in [1.165, 1.54) is 17.3 Å². The first-order chi connectivity index (χ1) is 38.6. The minimum Gasteiger partial charge on any atom is -0.479 e. The van der Waals surface area contributed by atoms with E-state index in [0.29, 0.717) is 106 Å². The number of aliphatic hydroxyl groups excluding tert-OH is 2. The Morgan fingerprint density at radius 2 is 1.74 bits per heavy atom. The number of aliphatic carboxylic acids is 1. The maximum absolute atomic E-state index is 12.8. The van der Waals surface area contributed by atoms with Gasteiger partial charge in [-0.3, -0.25) is 14.6 Å². The molecule has 5 atom stereocenters. The molecule has 2 heterocycles. The minimum absolute atomic E-state index is 0.00314. The number of pyridine rings is 1. The summed E-state index contributed by atoms with van der Waals surface area (Å²) in [7, 11) is 3.43. The number of nitrogens with zero attached hydrogens (tertiary/aromatic N) is 4. The Balaban J connectivity index is 0.936. The van der Waals surface area contributed by atoms with Crippen molar-refractivity contribution in [2.24, 2.45) is 27.0 Å². The van der Waals surface area contributed by atoms with Crippen LogP contribution < -0.4 is 26.0 Å². The fraction of sp³-hybridized carbons (Fsp3) is 0.567. The second-order valence-electron chi connectivity index (χ2n) is 23.2. The normalized spacial score (nSPS) is 21.6. The monoisotopic (exact) mass is 1130 g/mol. The lowest BCUT2D eigenvalue weighted by molar-refractivity contribution is -0.415. The number of benzene rings is 2. The number of hydrogen-bond donors (Lipinski definition) is 7. The molecule has 8 N–H and O–H groups in total. The van der Waals surface area contributed by atoms with Crippen LogP contribution in [0.15, 0.2) is 65.8 Å². The van der Waals surface area contributed by atoms with Crippen molar-refractivity contribution in [3.8, 4) is 5.75 Å². The number of rotatable bonds is 33. The Labute approximate surface area is 475 Å². The van der Waals surface area contributed by atoms with Crippen LogP contribution in [0.25, 0.3) is 11.6 Å². The quantitative estimate of drug-likeness (QED) is 0.0109. The van der Waals surface area contributed by atoms with Crippen molar-refractivity contribution in [1.29, 1.82) is 0 Å². The van der Waals surface area contributed by atoms with E-state index in [-0.39, 0.29) is 77.4 Å². The number of carboxylic acids is 2. The van der Waals surface area contributed by atoms with E-state index in [1.54, 1.807) is 50.5 Å². The number of aromatic carboxylic acids is 1. The predicted molar refractivity (Wildman–Crippen MR) is 308 cm³/mol. The maximum atomic E-state index is 12.8. The number of aliphatic hydroxyl groups is 2. The standard InChI is InChI=1S/C60H85N7O14/c1-41(47(32-61)46-14-16-52(65-54(46)56(74)75)67-21-18-43-11-8-12-44(34-69)48(43)33-67)63-40-59(5)37-58(4)35-57(2,3)36-60(38-58,39-59)78-29-28-77-27-26-76-25-22-66(7)81-79-24-9-10-42-13-15-50(49(30-42)64-53(71)17-20-62-6)80-51(55(72)73)31-45(70)19-23-68/h8-16,30,32,34,45,51,62,68,70H,17-29,31,33,35-40,61H2,1-7H3,(H,64,71)(H,72,73)(H,74,75)/b10-9+,47-32?,63-41?. The number of amides is 1. The molecule has 5 unspecified atom stereocenters. The van der Waals surface area contributed by atoms with E-state index in [4.69, 9.17) is 44.7 Å². The van der Waals surface area contributed by atoms with Gasteiger partial charge in [-0.25, -0.2) is 19.5 Å². The number of ether oxygens (including phenoxy) is 4. The molecule has 3 aromatic rings. The van der Waals surface area contributed by atoms with Crippen LogP contribution in [0, 0.1) is 16.2 Å². The van der Waals surface area contributed by atoms with Crippen molar-refractivity contribution < 1.29 is 68.4 Å². The first-order valence-electron chi connectivity index (χ1n) is 27.9. The zero-order valence-electron chi connectivity index (χ0n) is 48.2. The third-order valence-electron chi connectivity index (χ3n) is 15.0. The number of nitrogens with one attached hydrogen (secondary N) is 2. The van der Waals surface area contributed by atoms with Gasteiger partial charge in [-0.2, -0.15) is 5.06 Å². The van der Waals surface area contributed by atoms with Crippen molar-refractivity contribution >= 4 is 53.0 Å². The number of aliphatic imine (C=N–C) groups is 1. The van der Waals surface area contributed by atoms with E-state index in [2.05, 4.69) is 43.3 Å². The predicted octanol–water partition coefficient (Wildman–Crippen LogP) is 6.74. The molecule has 6 rings (SSSR count). The number of carbonyl (C=O) groups is 4. The summed E-state index contributed by atoms with van der Waals surface area (Å²) in [6.45, 7) is 15.3. The summed E-state index contributed by atoms with van der Waals surface area (Å²) < 4.78 is 24.4. The van der Waals surface area contributed by atoms with Crippen LogP contribution in [0.5, 0.6) is 5.75 Å². The number of anilines is 2. The van der Waals surface area contributed by atoms with Gasteiger partial charge in [0.15, 0.2) is 11.8 Å². The second-order valence-corrected chi connectivity index (χ2v) is 23.2. The van der Waals surface area contributed by atoms with E-state index in [0.717, 1.165) is 49.5 Å². The number of fused-ring (bicyclic) bond motifs is 3. The number of hydroxylamine groups is 2. The number of carboxylic acid groups (broad SMARTS) is 2. The zero-order chi connectivity index (χ0) is 58.8. The first kappa shape index (κ1) is 64.0. The summed E-state index contributed by atoms with van der Waals surface area (Å²) >= 11 is 0. The summed E-state index contributed by atoms with van der Waals surface area (Å²) in [5.41, 5.74) is 10.7. The largest absolute Gasteiger partial charge is 0.479 e. The van der Waals surface area contributed by atoms with E-state index < -0.39 is 24.1 Å². The molecule has 2 aromatic carbocycles. The number of aldehydes is 1. The number of hydrogen-bond acceptors (Lipinski definition) is 18. The molecule has 2 bridgehead atoms. The summed E-state index contributed by atoms with van der Waals surface area (Å²) in [5, 5.41) is 46.6. The molecule has 2 aliphatic carbocycles. The Kier molecular flexibility index (Phi) is 23.5. The minimum atomic E-state index is -1.42. The van der Waals surface area contributed by atoms with Gasteiger partial charge in [0.1, 0.15) is 24.5 Å².